The molecule has 2 N–H and O–H groups in total. The summed E-state index contributed by atoms with van der Waals surface area (Å²) in [5, 5.41) is 0. The van der Waals surface area contributed by atoms with E-state index in [0.29, 0.717) is 16.9 Å². The largest absolute Gasteiger partial charge is 0.489 e. The highest BCUT2D eigenvalue weighted by Crippen LogP contribution is 2.39. The molecule has 0 saturated carbocycles. The Morgan fingerprint density at radius 1 is 1.24 bits per heavy atom. The fourth-order valence-electron chi connectivity index (χ4n) is 3.71. The molecule has 1 aliphatic rings. The van der Waals surface area contributed by atoms with Crippen LogP contribution in [0.25, 0.3) is 0 Å². The Balaban J connectivity index is 1.95. The minimum absolute atomic E-state index is 0.136. The van der Waals surface area contributed by atoms with E-state index >= 15 is 0 Å². The second kappa shape index (κ2) is 9.36. The highest BCUT2D eigenvalue weighted by atomic mass is 32.2. The first-order chi connectivity index (χ1) is 15.9. The van der Waals surface area contributed by atoms with Crippen LogP contribution in [0.4, 0.5) is 13.2 Å². The summed E-state index contributed by atoms with van der Waals surface area (Å²) < 4.78 is 70.7. The number of nitrogens with zero attached hydrogens (tertiary/aromatic N) is 2. The molecule has 34 heavy (non-hydrogen) atoms. The van der Waals surface area contributed by atoms with Gasteiger partial charge in [0.2, 0.25) is 0 Å². The average molecular weight is 498 g/mol. The van der Waals surface area contributed by atoms with Gasteiger partial charge in [0.05, 0.1) is 11.9 Å². The van der Waals surface area contributed by atoms with Crippen molar-refractivity contribution in [1.29, 1.82) is 0 Å². The van der Waals surface area contributed by atoms with E-state index in [2.05, 4.69) is 9.98 Å². The maximum Gasteiger partial charge on any atom is 0.185 e. The van der Waals surface area contributed by atoms with Gasteiger partial charge in [0, 0.05) is 12.0 Å². The van der Waals surface area contributed by atoms with Gasteiger partial charge in [-0.1, -0.05) is 6.07 Å². The molecule has 1 atom stereocenters. The van der Waals surface area contributed by atoms with Crippen molar-refractivity contribution in [2.24, 2.45) is 10.7 Å². The topological polar surface area (TPSA) is 112 Å². The van der Waals surface area contributed by atoms with Crippen molar-refractivity contribution < 1.29 is 31.1 Å². The number of aryl methyl sites for hydroxylation is 1. The van der Waals surface area contributed by atoms with Crippen molar-refractivity contribution in [3.8, 4) is 5.75 Å². The molecule has 2 aromatic rings. The number of carbonyl (C=O) groups is 1. The van der Waals surface area contributed by atoms with Crippen molar-refractivity contribution in [2.45, 2.75) is 37.5 Å². The Morgan fingerprint density at radius 3 is 2.53 bits per heavy atom. The zero-order valence-corrected chi connectivity index (χ0v) is 19.9. The minimum atomic E-state index is -3.96. The van der Waals surface area contributed by atoms with Crippen molar-refractivity contribution in [3.63, 3.8) is 0 Å². The summed E-state index contributed by atoms with van der Waals surface area (Å²) in [6.45, 7) is 2.27. The van der Waals surface area contributed by atoms with Crippen LogP contribution < -0.4 is 10.5 Å². The lowest BCUT2D eigenvalue weighted by atomic mass is 9.90. The molecule has 0 saturated heterocycles. The zero-order chi connectivity index (χ0) is 25.3. The van der Waals surface area contributed by atoms with E-state index in [1.807, 2.05) is 0 Å². The van der Waals surface area contributed by atoms with E-state index < -0.39 is 50.8 Å². The van der Waals surface area contributed by atoms with Crippen molar-refractivity contribution >= 4 is 21.5 Å². The molecule has 1 aromatic heterocycles. The molecule has 1 aliphatic heterocycles. The van der Waals surface area contributed by atoms with E-state index in [0.717, 1.165) is 6.07 Å². The molecule has 1 aromatic carbocycles. The molecule has 0 radical (unpaired) electrons. The second-order valence-electron chi connectivity index (χ2n) is 8.72. The number of amidine groups is 1. The summed E-state index contributed by atoms with van der Waals surface area (Å²) >= 11 is 0. The van der Waals surface area contributed by atoms with Crippen LogP contribution in [0.15, 0.2) is 35.5 Å². The van der Waals surface area contributed by atoms with Crippen LogP contribution in [0.3, 0.4) is 0 Å². The van der Waals surface area contributed by atoms with Crippen LogP contribution in [0.5, 0.6) is 5.75 Å². The molecular formula is C23H26F3N3O4S. The Bertz CT molecular complexity index is 1250. The summed E-state index contributed by atoms with van der Waals surface area (Å²) in [6, 6.07) is 5.19. The van der Waals surface area contributed by atoms with Gasteiger partial charge in [-0.2, -0.15) is 0 Å². The van der Waals surface area contributed by atoms with Gasteiger partial charge in [0.1, 0.15) is 53.3 Å². The van der Waals surface area contributed by atoms with Gasteiger partial charge >= 0.3 is 0 Å². The number of carbonyl (C=O) groups excluding carboxylic acids is 1. The molecule has 0 aliphatic carbocycles. The zero-order valence-electron chi connectivity index (χ0n) is 19.1. The molecule has 11 heteroatoms. The number of halogens is 3. The first kappa shape index (κ1) is 25.7. The predicted octanol–water partition coefficient (Wildman–Crippen LogP) is 3.03. The summed E-state index contributed by atoms with van der Waals surface area (Å²) in [5.74, 6) is -2.02. The van der Waals surface area contributed by atoms with Crippen molar-refractivity contribution in [2.75, 3.05) is 25.7 Å². The molecule has 0 amide bonds. The molecule has 7 nitrogen and oxygen atoms in total. The summed E-state index contributed by atoms with van der Waals surface area (Å²) in [5.41, 5.74) is 4.50. The predicted molar refractivity (Wildman–Crippen MR) is 122 cm³/mol. The van der Waals surface area contributed by atoms with E-state index in [4.69, 9.17) is 10.5 Å². The number of nitrogens with two attached hydrogens (primary N) is 1. The summed E-state index contributed by atoms with van der Waals surface area (Å²) in [6.07, 6.45) is 1.10. The standard InChI is InChI=1S/C23H26F3N3O4S/c1-14-8-16(33-7-6-24)11-28-20(14)19(30)10-15-4-5-18(26)17(9-15)23(12-25)13-34(31,32)22(2,3)21(27)29-23/h4-5,8-9,11H,6-7,10,12-13H2,1-3H3,(H2,27,29)/t23-/m0/s1. The quantitative estimate of drug-likeness (QED) is 0.561. The number of hydrogen-bond donors (Lipinski definition) is 1. The number of alkyl halides is 2. The molecule has 184 valence electrons. The van der Waals surface area contributed by atoms with Gasteiger partial charge in [-0.25, -0.2) is 26.6 Å². The van der Waals surface area contributed by atoms with Gasteiger partial charge in [0.25, 0.3) is 0 Å². The molecule has 0 unspecified atom stereocenters. The number of pyridine rings is 1. The first-order valence-electron chi connectivity index (χ1n) is 10.5. The number of sulfone groups is 1. The maximum atomic E-state index is 14.8. The SMILES string of the molecule is Cc1cc(OCCF)cnc1C(=O)Cc1ccc(F)c([C@]2(CF)CS(=O)(=O)C(C)(C)C(N)=N2)c1. The number of aromatic nitrogens is 1. The number of ether oxygens (including phenoxy) is 1. The van der Waals surface area contributed by atoms with Crippen LogP contribution in [0.2, 0.25) is 0 Å². The molecule has 2 heterocycles. The smallest absolute Gasteiger partial charge is 0.185 e. The molecule has 3 rings (SSSR count). The number of ketones is 1. The fourth-order valence-corrected chi connectivity index (χ4v) is 5.37. The maximum absolute atomic E-state index is 14.8. The van der Waals surface area contributed by atoms with Gasteiger partial charge in [-0.15, -0.1) is 0 Å². The van der Waals surface area contributed by atoms with Crippen LogP contribution in [-0.2, 0) is 21.8 Å². The molecular weight excluding hydrogens is 471 g/mol. The lowest BCUT2D eigenvalue weighted by molar-refractivity contribution is 0.0987. The van der Waals surface area contributed by atoms with Crippen LogP contribution >= 0.6 is 0 Å². The number of Topliss-reactive ketones (excluding diaryl/α,β-unsaturated/α-hetero) is 1. The highest BCUT2D eigenvalue weighted by molar-refractivity contribution is 7.93. The van der Waals surface area contributed by atoms with E-state index in [-0.39, 0.29) is 30.1 Å². The van der Waals surface area contributed by atoms with Gasteiger partial charge in [-0.05, 0) is 50.1 Å². The average Bonchev–Trinajstić information content (AvgIpc) is 2.77. The minimum Gasteiger partial charge on any atom is -0.489 e. The third-order valence-electron chi connectivity index (χ3n) is 5.94. The van der Waals surface area contributed by atoms with Crippen molar-refractivity contribution in [3.05, 3.63) is 58.7 Å². The van der Waals surface area contributed by atoms with E-state index in [9.17, 15) is 26.4 Å². The third-order valence-corrected chi connectivity index (χ3v) is 8.56. The lowest BCUT2D eigenvalue weighted by Gasteiger charge is -2.38. The normalized spacial score (nSPS) is 21.1. The first-order valence-corrected chi connectivity index (χ1v) is 12.1. The monoisotopic (exact) mass is 497 g/mol. The van der Waals surface area contributed by atoms with Crippen molar-refractivity contribution in [1.82, 2.24) is 4.98 Å². The third kappa shape index (κ3) is 4.66. The molecule has 0 spiro atoms. The van der Waals surface area contributed by atoms with Crippen LogP contribution in [-0.4, -0.2) is 55.5 Å². The Hall–Kier alpha value is -2.95. The Labute approximate surface area is 196 Å². The second-order valence-corrected chi connectivity index (χ2v) is 11.3. The Kier molecular flexibility index (Phi) is 7.07. The van der Waals surface area contributed by atoms with Crippen LogP contribution in [0.1, 0.15) is 41.0 Å². The number of aliphatic imine (C=N–C) groups is 1. The highest BCUT2D eigenvalue weighted by Gasteiger charge is 2.51. The van der Waals surface area contributed by atoms with Gasteiger partial charge in [-0.3, -0.25) is 9.79 Å². The van der Waals surface area contributed by atoms with E-state index in [1.165, 1.54) is 32.2 Å². The number of rotatable bonds is 8. The van der Waals surface area contributed by atoms with E-state index in [1.54, 1.807) is 13.0 Å². The number of benzene rings is 1. The molecule has 0 bridgehead atoms. The summed E-state index contributed by atoms with van der Waals surface area (Å²) in [4.78, 5) is 21.0. The number of hydrogen-bond acceptors (Lipinski definition) is 7. The van der Waals surface area contributed by atoms with Crippen LogP contribution in [0, 0.1) is 12.7 Å². The van der Waals surface area contributed by atoms with Gasteiger partial charge in [0.15, 0.2) is 15.6 Å². The lowest BCUT2D eigenvalue weighted by Crippen LogP contribution is -2.56. The Morgan fingerprint density at radius 2 is 1.94 bits per heavy atom. The van der Waals surface area contributed by atoms with Gasteiger partial charge < -0.3 is 10.5 Å². The summed E-state index contributed by atoms with van der Waals surface area (Å²) in [7, 11) is -3.96. The molecule has 0 fully saturated rings. The fraction of sp³-hybridized carbons (Fsp3) is 0.435.